The first-order chi connectivity index (χ1) is 9.61. The fraction of sp³-hybridized carbons (Fsp3) is 0.357. The second-order valence-corrected chi connectivity index (χ2v) is 4.54. The van der Waals surface area contributed by atoms with Crippen molar-refractivity contribution in [3.8, 4) is 6.07 Å². The smallest absolute Gasteiger partial charge is 0.351 e. The van der Waals surface area contributed by atoms with Gasteiger partial charge in [-0.05, 0) is 12.1 Å². The third-order valence-electron chi connectivity index (χ3n) is 3.21. The minimum Gasteiger partial charge on any atom is -0.478 e. The van der Waals surface area contributed by atoms with Crippen molar-refractivity contribution in [3.05, 3.63) is 35.4 Å². The largest absolute Gasteiger partial charge is 0.478 e. The van der Waals surface area contributed by atoms with Gasteiger partial charge in [0, 0.05) is 25.5 Å². The van der Waals surface area contributed by atoms with Crippen LogP contribution in [0.3, 0.4) is 0 Å². The monoisotopic (exact) mass is 274 g/mol. The number of carboxylic acid groups (broad SMARTS) is 1. The van der Waals surface area contributed by atoms with Crippen LogP contribution in [0.2, 0.25) is 0 Å². The van der Waals surface area contributed by atoms with Gasteiger partial charge in [0.15, 0.2) is 0 Å². The Morgan fingerprint density at radius 3 is 3.10 bits per heavy atom. The molecule has 0 bridgehead atoms. The van der Waals surface area contributed by atoms with E-state index in [1.807, 2.05) is 6.07 Å². The molecule has 0 aliphatic carbocycles. The molecule has 2 rings (SSSR count). The van der Waals surface area contributed by atoms with Gasteiger partial charge < -0.3 is 14.7 Å². The molecule has 0 radical (unpaired) electrons. The van der Waals surface area contributed by atoms with E-state index in [1.54, 1.807) is 24.3 Å². The molecule has 0 fully saturated rings. The predicted molar refractivity (Wildman–Crippen MR) is 70.3 cm³/mol. The minimum absolute atomic E-state index is 0.153. The maximum Gasteiger partial charge on any atom is 0.351 e. The van der Waals surface area contributed by atoms with Gasteiger partial charge in [-0.1, -0.05) is 17.3 Å². The number of aliphatic carboxylic acids is 1. The van der Waals surface area contributed by atoms with E-state index in [-0.39, 0.29) is 19.4 Å². The zero-order valence-corrected chi connectivity index (χ0v) is 11.0. The Kier molecular flexibility index (Phi) is 4.01. The van der Waals surface area contributed by atoms with Crippen molar-refractivity contribution in [2.45, 2.75) is 18.4 Å². The zero-order valence-electron chi connectivity index (χ0n) is 11.0. The molecule has 1 unspecified atom stereocenters. The Morgan fingerprint density at radius 2 is 2.45 bits per heavy atom. The molecule has 1 aliphatic heterocycles. The number of hydrogen-bond donors (Lipinski definition) is 1. The number of nitriles is 1. The van der Waals surface area contributed by atoms with Gasteiger partial charge in [-0.3, -0.25) is 0 Å². The summed E-state index contributed by atoms with van der Waals surface area (Å²) in [7, 11) is 1.50. The summed E-state index contributed by atoms with van der Waals surface area (Å²) in [5.41, 5.74) is 0.341. The summed E-state index contributed by atoms with van der Waals surface area (Å²) in [6, 6.07) is 8.88. The molecule has 0 saturated heterocycles. The van der Waals surface area contributed by atoms with Gasteiger partial charge >= 0.3 is 5.97 Å². The highest BCUT2D eigenvalue weighted by molar-refractivity contribution is 6.04. The number of hydrogen-bond acceptors (Lipinski definition) is 5. The number of nitrogens with zero attached hydrogens (tertiary/aromatic N) is 2. The summed E-state index contributed by atoms with van der Waals surface area (Å²) in [4.78, 5) is 16.6. The second-order valence-electron chi connectivity index (χ2n) is 4.54. The van der Waals surface area contributed by atoms with E-state index in [0.29, 0.717) is 16.8 Å². The highest BCUT2D eigenvalue weighted by atomic mass is 16.7. The van der Waals surface area contributed by atoms with Crippen LogP contribution in [-0.4, -0.2) is 36.1 Å². The Morgan fingerprint density at radius 1 is 1.65 bits per heavy atom. The van der Waals surface area contributed by atoms with Crippen LogP contribution in [0.4, 0.5) is 0 Å². The van der Waals surface area contributed by atoms with Crippen LogP contribution in [-0.2, 0) is 14.4 Å². The summed E-state index contributed by atoms with van der Waals surface area (Å²) in [6.45, 7) is 0.271. The van der Waals surface area contributed by atoms with Crippen molar-refractivity contribution in [3.63, 3.8) is 0 Å². The quantitative estimate of drug-likeness (QED) is 0.879. The number of carboxylic acids is 1. The molecular formula is C14H14N2O4. The lowest BCUT2D eigenvalue weighted by Gasteiger charge is -2.20. The third-order valence-corrected chi connectivity index (χ3v) is 3.21. The SMILES string of the molecule is COCCC1(C(=O)O)CC(c2cccc(C#N)c2)=NO1. The van der Waals surface area contributed by atoms with Crippen molar-refractivity contribution >= 4 is 11.7 Å². The molecule has 0 aromatic heterocycles. The number of ether oxygens (including phenoxy) is 1. The van der Waals surface area contributed by atoms with Crippen LogP contribution in [0.25, 0.3) is 0 Å². The van der Waals surface area contributed by atoms with Crippen LogP contribution in [0.5, 0.6) is 0 Å². The van der Waals surface area contributed by atoms with Crippen molar-refractivity contribution < 1.29 is 19.5 Å². The molecule has 0 spiro atoms. The highest BCUT2D eigenvalue weighted by Crippen LogP contribution is 2.30. The van der Waals surface area contributed by atoms with Crippen LogP contribution in [0.1, 0.15) is 24.0 Å². The van der Waals surface area contributed by atoms with Gasteiger partial charge in [-0.15, -0.1) is 0 Å². The number of carbonyl (C=O) groups is 1. The normalized spacial score (nSPS) is 20.9. The van der Waals surface area contributed by atoms with E-state index in [4.69, 9.17) is 14.8 Å². The summed E-state index contributed by atoms with van der Waals surface area (Å²) >= 11 is 0. The van der Waals surface area contributed by atoms with Gasteiger partial charge in [0.1, 0.15) is 0 Å². The second kappa shape index (κ2) is 5.72. The van der Waals surface area contributed by atoms with E-state index < -0.39 is 11.6 Å². The number of rotatable bonds is 5. The topological polar surface area (TPSA) is 91.9 Å². The highest BCUT2D eigenvalue weighted by Gasteiger charge is 2.46. The first kappa shape index (κ1) is 14.0. The lowest BCUT2D eigenvalue weighted by atomic mass is 9.91. The fourth-order valence-corrected chi connectivity index (χ4v) is 2.02. The standard InChI is InChI=1S/C14H14N2O4/c1-19-6-5-14(13(17)18)8-12(16-20-14)11-4-2-3-10(7-11)9-15/h2-4,7H,5-6,8H2,1H3,(H,17,18). The molecule has 1 heterocycles. The molecule has 1 aromatic rings. The van der Waals surface area contributed by atoms with Crippen molar-refractivity contribution in [1.82, 2.24) is 0 Å². The van der Waals surface area contributed by atoms with Crippen LogP contribution in [0, 0.1) is 11.3 Å². The Bertz CT molecular complexity index is 591. The average molecular weight is 274 g/mol. The lowest BCUT2D eigenvalue weighted by Crippen LogP contribution is -2.40. The molecule has 0 saturated carbocycles. The minimum atomic E-state index is -1.38. The summed E-state index contributed by atoms with van der Waals surface area (Å²) in [6.07, 6.45) is 0.365. The van der Waals surface area contributed by atoms with Crippen molar-refractivity contribution in [1.29, 1.82) is 5.26 Å². The molecule has 1 atom stereocenters. The first-order valence-corrected chi connectivity index (χ1v) is 6.09. The molecule has 104 valence electrons. The van der Waals surface area contributed by atoms with Gasteiger partial charge in [-0.2, -0.15) is 5.26 Å². The van der Waals surface area contributed by atoms with Crippen LogP contribution >= 0.6 is 0 Å². The molecule has 0 amide bonds. The van der Waals surface area contributed by atoms with Gasteiger partial charge in [0.25, 0.3) is 0 Å². The van der Waals surface area contributed by atoms with Crippen molar-refractivity contribution in [2.24, 2.45) is 5.16 Å². The maximum atomic E-state index is 11.4. The summed E-state index contributed by atoms with van der Waals surface area (Å²) in [5, 5.41) is 22.1. The molecule has 6 heteroatoms. The number of benzene rings is 1. The maximum absolute atomic E-state index is 11.4. The van der Waals surface area contributed by atoms with Crippen molar-refractivity contribution in [2.75, 3.05) is 13.7 Å². The first-order valence-electron chi connectivity index (χ1n) is 6.09. The van der Waals surface area contributed by atoms with E-state index in [1.165, 1.54) is 7.11 Å². The molecule has 20 heavy (non-hydrogen) atoms. The molecule has 1 aliphatic rings. The van der Waals surface area contributed by atoms with Gasteiger partial charge in [0.2, 0.25) is 5.60 Å². The zero-order chi connectivity index (χ0) is 14.6. The summed E-state index contributed by atoms with van der Waals surface area (Å²) < 4.78 is 4.92. The molecule has 1 N–H and O–H groups in total. The summed E-state index contributed by atoms with van der Waals surface area (Å²) in [5.74, 6) is -1.07. The predicted octanol–water partition coefficient (Wildman–Crippen LogP) is 1.54. The Balaban J connectivity index is 2.21. The average Bonchev–Trinajstić information content (AvgIpc) is 2.91. The van der Waals surface area contributed by atoms with E-state index in [0.717, 1.165) is 0 Å². The van der Waals surface area contributed by atoms with E-state index in [2.05, 4.69) is 5.16 Å². The van der Waals surface area contributed by atoms with Crippen LogP contribution < -0.4 is 0 Å². The van der Waals surface area contributed by atoms with Gasteiger partial charge in [0.05, 0.1) is 24.0 Å². The van der Waals surface area contributed by atoms with Gasteiger partial charge in [-0.25, -0.2) is 4.79 Å². The number of oxime groups is 1. The van der Waals surface area contributed by atoms with Crippen LogP contribution in [0.15, 0.2) is 29.4 Å². The lowest BCUT2D eigenvalue weighted by molar-refractivity contribution is -0.164. The fourth-order valence-electron chi connectivity index (χ4n) is 2.02. The molecule has 1 aromatic carbocycles. The third kappa shape index (κ3) is 2.63. The van der Waals surface area contributed by atoms with E-state index in [9.17, 15) is 9.90 Å². The number of methoxy groups -OCH3 is 1. The molecule has 6 nitrogen and oxygen atoms in total. The Hall–Kier alpha value is -2.39. The van der Waals surface area contributed by atoms with E-state index >= 15 is 0 Å². The Labute approximate surface area is 116 Å². The molecular weight excluding hydrogens is 260 g/mol.